The van der Waals surface area contributed by atoms with Crippen LogP contribution in [-0.4, -0.2) is 11.4 Å². The molecule has 0 bridgehead atoms. The number of hydrogen-bond donors (Lipinski definition) is 1. The van der Waals surface area contributed by atoms with Crippen molar-refractivity contribution in [3.05, 3.63) is 62.6 Å². The van der Waals surface area contributed by atoms with E-state index in [9.17, 15) is 0 Å². The molecule has 1 N–H and O–H groups in total. The quantitative estimate of drug-likeness (QED) is 0.692. The molecule has 0 atom stereocenters. The minimum atomic E-state index is -0.132. The zero-order valence-electron chi connectivity index (χ0n) is 13.8. The van der Waals surface area contributed by atoms with Gasteiger partial charge >= 0.3 is 0 Å². The van der Waals surface area contributed by atoms with Crippen molar-refractivity contribution < 1.29 is 0 Å². The molecule has 23 heavy (non-hydrogen) atoms. The fraction of sp³-hybridized carbons (Fsp3) is 0.316. The van der Waals surface area contributed by atoms with Crippen molar-refractivity contribution in [2.45, 2.75) is 39.7 Å². The summed E-state index contributed by atoms with van der Waals surface area (Å²) in [5.41, 5.74) is 5.84. The lowest BCUT2D eigenvalue weighted by Gasteiger charge is -2.30. The minimum absolute atomic E-state index is 0.132. The summed E-state index contributed by atoms with van der Waals surface area (Å²) < 4.78 is 0. The maximum atomic E-state index is 6.12. The summed E-state index contributed by atoms with van der Waals surface area (Å²) in [4.78, 5) is 4.90. The molecule has 120 valence electrons. The zero-order valence-corrected chi connectivity index (χ0v) is 15.3. The molecular weight excluding hydrogens is 327 g/mol. The van der Waals surface area contributed by atoms with Crippen LogP contribution >= 0.6 is 23.2 Å². The van der Waals surface area contributed by atoms with E-state index >= 15 is 0 Å². The van der Waals surface area contributed by atoms with Gasteiger partial charge in [-0.1, -0.05) is 29.3 Å². The monoisotopic (exact) mass is 346 g/mol. The Morgan fingerprint density at radius 1 is 1.00 bits per heavy atom. The van der Waals surface area contributed by atoms with Crippen molar-refractivity contribution in [2.24, 2.45) is 4.99 Å². The van der Waals surface area contributed by atoms with Crippen LogP contribution in [0.2, 0.25) is 10.0 Å². The molecule has 0 spiro atoms. The summed E-state index contributed by atoms with van der Waals surface area (Å²) in [5.74, 6) is 0.887. The number of nitrogens with zero attached hydrogens (tertiary/aromatic N) is 1. The number of hydrogen-bond acceptors (Lipinski definition) is 2. The maximum absolute atomic E-state index is 6.12. The van der Waals surface area contributed by atoms with Gasteiger partial charge in [0.2, 0.25) is 0 Å². The highest BCUT2D eigenvalue weighted by atomic mass is 35.5. The Balaban J connectivity index is 2.05. The van der Waals surface area contributed by atoms with Gasteiger partial charge in [0.05, 0.1) is 15.6 Å². The van der Waals surface area contributed by atoms with E-state index in [4.69, 9.17) is 28.2 Å². The number of nitrogens with one attached hydrogen (secondary N) is 1. The summed E-state index contributed by atoms with van der Waals surface area (Å²) in [6, 6.07) is 10.0. The second-order valence-corrected chi connectivity index (χ2v) is 7.61. The van der Waals surface area contributed by atoms with Crippen molar-refractivity contribution in [3.63, 3.8) is 0 Å². The molecule has 1 heterocycles. The van der Waals surface area contributed by atoms with E-state index in [1.807, 2.05) is 12.1 Å². The molecule has 1 aliphatic rings. The van der Waals surface area contributed by atoms with E-state index in [0.29, 0.717) is 10.0 Å². The fourth-order valence-electron chi connectivity index (χ4n) is 2.92. The minimum Gasteiger partial charge on any atom is -0.340 e. The SMILES string of the molecule is Cc1cc2c(cc1C)C(Nc1ccc(Cl)c(Cl)c1)=NC(C)(C)C2. The van der Waals surface area contributed by atoms with Gasteiger partial charge in [0.15, 0.2) is 0 Å². The molecule has 0 fully saturated rings. The Morgan fingerprint density at radius 3 is 2.39 bits per heavy atom. The Hall–Kier alpha value is -1.51. The molecule has 0 amide bonds. The van der Waals surface area contributed by atoms with Crippen LogP contribution in [0, 0.1) is 13.8 Å². The van der Waals surface area contributed by atoms with Crippen LogP contribution in [0.15, 0.2) is 35.3 Å². The first-order valence-corrected chi connectivity index (χ1v) is 8.43. The van der Waals surface area contributed by atoms with Gasteiger partial charge in [0, 0.05) is 11.3 Å². The largest absolute Gasteiger partial charge is 0.340 e. The lowest BCUT2D eigenvalue weighted by molar-refractivity contribution is 0.513. The van der Waals surface area contributed by atoms with Gasteiger partial charge in [0.1, 0.15) is 5.84 Å². The van der Waals surface area contributed by atoms with Crippen LogP contribution in [0.4, 0.5) is 5.69 Å². The van der Waals surface area contributed by atoms with Gasteiger partial charge in [-0.25, -0.2) is 0 Å². The summed E-state index contributed by atoms with van der Waals surface area (Å²) in [5, 5.41) is 4.50. The van der Waals surface area contributed by atoms with Crippen molar-refractivity contribution in [2.75, 3.05) is 5.32 Å². The Morgan fingerprint density at radius 2 is 1.70 bits per heavy atom. The molecule has 0 unspecified atom stereocenters. The van der Waals surface area contributed by atoms with E-state index in [2.05, 4.69) is 45.1 Å². The van der Waals surface area contributed by atoms with Crippen LogP contribution in [-0.2, 0) is 6.42 Å². The number of anilines is 1. The van der Waals surface area contributed by atoms with Gasteiger partial charge in [-0.2, -0.15) is 0 Å². The van der Waals surface area contributed by atoms with Gasteiger partial charge in [-0.05, 0) is 75.1 Å². The smallest absolute Gasteiger partial charge is 0.133 e. The van der Waals surface area contributed by atoms with Crippen molar-refractivity contribution in [1.82, 2.24) is 0 Å². The molecule has 2 nitrogen and oxygen atoms in total. The molecule has 1 aliphatic heterocycles. The summed E-state index contributed by atoms with van der Waals surface area (Å²) in [7, 11) is 0. The molecule has 0 radical (unpaired) electrons. The van der Waals surface area contributed by atoms with Gasteiger partial charge in [-0.3, -0.25) is 4.99 Å². The molecule has 0 aliphatic carbocycles. The summed E-state index contributed by atoms with van der Waals surface area (Å²) >= 11 is 12.1. The number of halogens is 2. The average molecular weight is 347 g/mol. The molecule has 2 aromatic carbocycles. The number of fused-ring (bicyclic) bond motifs is 1. The zero-order chi connectivity index (χ0) is 16.8. The number of aliphatic imine (C=N–C) groups is 1. The third-order valence-electron chi connectivity index (χ3n) is 4.19. The molecular formula is C19H20Cl2N2. The molecule has 4 heteroatoms. The van der Waals surface area contributed by atoms with Crippen molar-refractivity contribution in [3.8, 4) is 0 Å². The first-order chi connectivity index (χ1) is 10.7. The second-order valence-electron chi connectivity index (χ2n) is 6.80. The second kappa shape index (κ2) is 5.85. The summed E-state index contributed by atoms with van der Waals surface area (Å²) in [6.07, 6.45) is 0.940. The topological polar surface area (TPSA) is 24.4 Å². The Labute approximate surface area is 147 Å². The Kier molecular flexibility index (Phi) is 4.16. The molecule has 3 rings (SSSR count). The van der Waals surface area contributed by atoms with Crippen LogP contribution < -0.4 is 5.32 Å². The van der Waals surface area contributed by atoms with Crippen molar-refractivity contribution >= 4 is 34.7 Å². The fourth-order valence-corrected chi connectivity index (χ4v) is 3.22. The van der Waals surface area contributed by atoms with Crippen LogP contribution in [0.5, 0.6) is 0 Å². The number of aryl methyl sites for hydroxylation is 2. The molecule has 0 aromatic heterocycles. The third-order valence-corrected chi connectivity index (χ3v) is 4.93. The van der Waals surface area contributed by atoms with E-state index in [1.165, 1.54) is 22.3 Å². The van der Waals surface area contributed by atoms with Crippen LogP contribution in [0.3, 0.4) is 0 Å². The van der Waals surface area contributed by atoms with Crippen LogP contribution in [0.25, 0.3) is 0 Å². The summed E-state index contributed by atoms with van der Waals surface area (Å²) in [6.45, 7) is 8.59. The maximum Gasteiger partial charge on any atom is 0.133 e. The molecule has 2 aromatic rings. The Bertz CT molecular complexity index is 807. The lowest BCUT2D eigenvalue weighted by atomic mass is 9.86. The predicted molar refractivity (Wildman–Crippen MR) is 100 cm³/mol. The highest BCUT2D eigenvalue weighted by Crippen LogP contribution is 2.31. The lowest BCUT2D eigenvalue weighted by Crippen LogP contribution is -2.32. The first-order valence-electron chi connectivity index (χ1n) is 7.68. The normalized spacial score (nSPS) is 15.8. The van der Waals surface area contributed by atoms with E-state index < -0.39 is 0 Å². The standard InChI is InChI=1S/C19H20Cl2N2/c1-11-7-13-10-19(3,4)23-18(15(13)8-12(11)2)22-14-5-6-16(20)17(21)9-14/h5-9H,10H2,1-4H3,(H,22,23). The van der Waals surface area contributed by atoms with Gasteiger partial charge in [0.25, 0.3) is 0 Å². The number of benzene rings is 2. The van der Waals surface area contributed by atoms with Crippen LogP contribution in [0.1, 0.15) is 36.1 Å². The average Bonchev–Trinajstić information content (AvgIpc) is 2.44. The number of amidine groups is 1. The highest BCUT2D eigenvalue weighted by molar-refractivity contribution is 6.42. The highest BCUT2D eigenvalue weighted by Gasteiger charge is 2.27. The van der Waals surface area contributed by atoms with E-state index in [-0.39, 0.29) is 5.54 Å². The molecule has 0 saturated heterocycles. The van der Waals surface area contributed by atoms with Gasteiger partial charge < -0.3 is 5.32 Å². The van der Waals surface area contributed by atoms with E-state index in [0.717, 1.165) is 17.9 Å². The first kappa shape index (κ1) is 16.4. The number of rotatable bonds is 1. The molecule has 0 saturated carbocycles. The predicted octanol–water partition coefficient (Wildman–Crippen LogP) is 5.80. The van der Waals surface area contributed by atoms with Gasteiger partial charge in [-0.15, -0.1) is 0 Å². The third kappa shape index (κ3) is 3.39. The van der Waals surface area contributed by atoms with E-state index in [1.54, 1.807) is 6.07 Å². The van der Waals surface area contributed by atoms with Crippen molar-refractivity contribution in [1.29, 1.82) is 0 Å².